The smallest absolute Gasteiger partial charge is 0.165 e. The minimum atomic E-state index is -0.883. The zero-order valence-corrected chi connectivity index (χ0v) is 21.3. The third-order valence-corrected chi connectivity index (χ3v) is 6.04. The fourth-order valence-corrected chi connectivity index (χ4v) is 4.45. The SMILES string of the molecule is Cc1noc(C)c1-c1ccc2nc(-c3cnn(CC(C)(C)O)c3)nc(NCc3cccc(Cl)c3)c2c1. The van der Waals surface area contributed by atoms with Crippen LogP contribution in [0.5, 0.6) is 0 Å². The summed E-state index contributed by atoms with van der Waals surface area (Å²) in [5.41, 5.74) is 4.49. The molecule has 0 spiro atoms. The number of anilines is 1. The lowest BCUT2D eigenvalue weighted by atomic mass is 10.0. The third-order valence-electron chi connectivity index (χ3n) is 5.81. The molecule has 5 aromatic rings. The Bertz CT molecular complexity index is 1530. The summed E-state index contributed by atoms with van der Waals surface area (Å²) in [4.78, 5) is 9.70. The van der Waals surface area contributed by atoms with Crippen molar-refractivity contribution in [3.63, 3.8) is 0 Å². The van der Waals surface area contributed by atoms with Crippen LogP contribution in [-0.4, -0.2) is 35.6 Å². The van der Waals surface area contributed by atoms with Crippen molar-refractivity contribution in [1.29, 1.82) is 0 Å². The minimum Gasteiger partial charge on any atom is -0.389 e. The lowest BCUT2D eigenvalue weighted by Crippen LogP contribution is -2.26. The van der Waals surface area contributed by atoms with E-state index < -0.39 is 5.60 Å². The minimum absolute atomic E-state index is 0.362. The van der Waals surface area contributed by atoms with Crippen LogP contribution in [0, 0.1) is 13.8 Å². The second-order valence-corrected chi connectivity index (χ2v) is 9.99. The first-order valence-electron chi connectivity index (χ1n) is 11.6. The Hall–Kier alpha value is -3.75. The number of aliphatic hydroxyl groups is 1. The molecule has 0 amide bonds. The number of halogens is 1. The average molecular weight is 503 g/mol. The van der Waals surface area contributed by atoms with Crippen LogP contribution >= 0.6 is 11.6 Å². The molecule has 5 rings (SSSR count). The average Bonchev–Trinajstić information content (AvgIpc) is 3.41. The van der Waals surface area contributed by atoms with Crippen molar-refractivity contribution in [2.45, 2.75) is 46.4 Å². The fourth-order valence-electron chi connectivity index (χ4n) is 4.24. The van der Waals surface area contributed by atoms with E-state index in [0.717, 1.165) is 44.6 Å². The summed E-state index contributed by atoms with van der Waals surface area (Å²) in [6, 6.07) is 13.8. The van der Waals surface area contributed by atoms with Crippen molar-refractivity contribution in [2.75, 3.05) is 5.32 Å². The molecule has 0 saturated heterocycles. The van der Waals surface area contributed by atoms with Gasteiger partial charge in [0.15, 0.2) is 5.82 Å². The topological polar surface area (TPSA) is 102 Å². The predicted octanol–water partition coefficient (Wildman–Crippen LogP) is 5.80. The molecule has 0 atom stereocenters. The maximum atomic E-state index is 10.2. The van der Waals surface area contributed by atoms with Gasteiger partial charge in [-0.05, 0) is 63.1 Å². The summed E-state index contributed by atoms with van der Waals surface area (Å²) < 4.78 is 7.08. The van der Waals surface area contributed by atoms with Gasteiger partial charge in [-0.1, -0.05) is 35.0 Å². The van der Waals surface area contributed by atoms with Crippen molar-refractivity contribution < 1.29 is 9.63 Å². The third kappa shape index (κ3) is 5.10. The lowest BCUT2D eigenvalue weighted by Gasteiger charge is -2.16. The van der Waals surface area contributed by atoms with Crippen LogP contribution < -0.4 is 5.32 Å². The Balaban J connectivity index is 1.58. The monoisotopic (exact) mass is 502 g/mol. The van der Waals surface area contributed by atoms with Crippen LogP contribution in [-0.2, 0) is 13.1 Å². The molecule has 0 unspecified atom stereocenters. The Labute approximate surface area is 213 Å². The first kappa shape index (κ1) is 24.0. The lowest BCUT2D eigenvalue weighted by molar-refractivity contribution is 0.0577. The molecule has 0 radical (unpaired) electrons. The van der Waals surface area contributed by atoms with E-state index in [1.54, 1.807) is 24.7 Å². The first-order chi connectivity index (χ1) is 17.2. The van der Waals surface area contributed by atoms with E-state index >= 15 is 0 Å². The van der Waals surface area contributed by atoms with Gasteiger partial charge in [-0.2, -0.15) is 5.10 Å². The van der Waals surface area contributed by atoms with Gasteiger partial charge in [-0.25, -0.2) is 9.97 Å². The molecule has 0 fully saturated rings. The highest BCUT2D eigenvalue weighted by Gasteiger charge is 2.18. The highest BCUT2D eigenvalue weighted by Crippen LogP contribution is 2.33. The summed E-state index contributed by atoms with van der Waals surface area (Å²) in [5, 5.41) is 23.7. The largest absolute Gasteiger partial charge is 0.389 e. The number of aromatic nitrogens is 5. The van der Waals surface area contributed by atoms with Crippen molar-refractivity contribution in [3.8, 4) is 22.5 Å². The van der Waals surface area contributed by atoms with E-state index in [1.165, 1.54) is 0 Å². The van der Waals surface area contributed by atoms with E-state index in [-0.39, 0.29) is 0 Å². The summed E-state index contributed by atoms with van der Waals surface area (Å²) in [7, 11) is 0. The molecule has 0 bridgehead atoms. The number of fused-ring (bicyclic) bond motifs is 1. The molecule has 2 N–H and O–H groups in total. The van der Waals surface area contributed by atoms with Crippen LogP contribution in [0.4, 0.5) is 5.82 Å². The molecule has 9 heteroatoms. The van der Waals surface area contributed by atoms with E-state index in [0.29, 0.717) is 29.8 Å². The molecule has 0 aliphatic rings. The van der Waals surface area contributed by atoms with Crippen LogP contribution in [0.15, 0.2) is 59.4 Å². The van der Waals surface area contributed by atoms with E-state index in [9.17, 15) is 5.11 Å². The van der Waals surface area contributed by atoms with Crippen LogP contribution in [0.25, 0.3) is 33.4 Å². The second kappa shape index (κ2) is 9.37. The van der Waals surface area contributed by atoms with Gasteiger partial charge in [0.2, 0.25) is 0 Å². The molecule has 0 aliphatic carbocycles. The Morgan fingerprint density at radius 2 is 1.92 bits per heavy atom. The number of nitrogens with one attached hydrogen (secondary N) is 1. The number of hydrogen-bond acceptors (Lipinski definition) is 7. The molecule has 184 valence electrons. The highest BCUT2D eigenvalue weighted by molar-refractivity contribution is 6.30. The maximum Gasteiger partial charge on any atom is 0.165 e. The van der Waals surface area contributed by atoms with Crippen molar-refractivity contribution >= 4 is 28.3 Å². The number of aryl methyl sites for hydroxylation is 2. The van der Waals surface area contributed by atoms with Gasteiger partial charge in [-0.3, -0.25) is 4.68 Å². The molecule has 0 aliphatic heterocycles. The van der Waals surface area contributed by atoms with Gasteiger partial charge in [0.1, 0.15) is 11.6 Å². The number of benzene rings is 2. The van der Waals surface area contributed by atoms with E-state index in [4.69, 9.17) is 26.1 Å². The fraction of sp³-hybridized carbons (Fsp3) is 0.259. The number of hydrogen-bond donors (Lipinski definition) is 2. The molecule has 2 aromatic carbocycles. The quantitative estimate of drug-likeness (QED) is 0.290. The molecule has 36 heavy (non-hydrogen) atoms. The van der Waals surface area contributed by atoms with Crippen LogP contribution in [0.1, 0.15) is 30.9 Å². The van der Waals surface area contributed by atoms with E-state index in [1.807, 2.05) is 56.4 Å². The standard InChI is InChI=1S/C27H27ClN6O2/c1-16-24(17(2)36-33-16)19-8-9-23-22(11-19)26(29-12-18-6-5-7-21(28)10-18)32-25(31-23)20-13-30-34(14-20)15-27(3,4)35/h5-11,13-14,35H,12,15H2,1-4H3,(H,29,31,32). The molecule has 0 saturated carbocycles. The molecule has 3 aromatic heterocycles. The number of nitrogens with zero attached hydrogens (tertiary/aromatic N) is 5. The second-order valence-electron chi connectivity index (χ2n) is 9.55. The van der Waals surface area contributed by atoms with Gasteiger partial charge < -0.3 is 14.9 Å². The highest BCUT2D eigenvalue weighted by atomic mass is 35.5. The number of rotatable bonds is 7. The first-order valence-corrected chi connectivity index (χ1v) is 12.0. The molecule has 3 heterocycles. The van der Waals surface area contributed by atoms with Crippen LogP contribution in [0.2, 0.25) is 5.02 Å². The Morgan fingerprint density at radius 1 is 1.08 bits per heavy atom. The van der Waals surface area contributed by atoms with E-state index in [2.05, 4.69) is 21.6 Å². The van der Waals surface area contributed by atoms with Gasteiger partial charge in [-0.15, -0.1) is 0 Å². The molecular formula is C27H27ClN6O2. The van der Waals surface area contributed by atoms with Crippen molar-refractivity contribution in [3.05, 3.63) is 76.9 Å². The summed E-state index contributed by atoms with van der Waals surface area (Å²) in [6.07, 6.45) is 3.56. The van der Waals surface area contributed by atoms with Crippen molar-refractivity contribution in [1.82, 2.24) is 24.9 Å². The summed E-state index contributed by atoms with van der Waals surface area (Å²) in [5.74, 6) is 2.00. The predicted molar refractivity (Wildman–Crippen MR) is 141 cm³/mol. The summed E-state index contributed by atoms with van der Waals surface area (Å²) >= 11 is 6.19. The molecule has 8 nitrogen and oxygen atoms in total. The van der Waals surface area contributed by atoms with Gasteiger partial charge >= 0.3 is 0 Å². The Kier molecular flexibility index (Phi) is 6.24. The van der Waals surface area contributed by atoms with Gasteiger partial charge in [0.05, 0.1) is 35.1 Å². The van der Waals surface area contributed by atoms with Crippen molar-refractivity contribution in [2.24, 2.45) is 0 Å². The van der Waals surface area contributed by atoms with Gasteiger partial charge in [0.25, 0.3) is 0 Å². The molecular weight excluding hydrogens is 476 g/mol. The van der Waals surface area contributed by atoms with Crippen LogP contribution in [0.3, 0.4) is 0 Å². The maximum absolute atomic E-state index is 10.2. The zero-order chi connectivity index (χ0) is 25.4. The zero-order valence-electron chi connectivity index (χ0n) is 20.6. The van der Waals surface area contributed by atoms with Gasteiger partial charge in [0, 0.05) is 28.7 Å². The summed E-state index contributed by atoms with van der Waals surface area (Å²) in [6.45, 7) is 8.23. The Morgan fingerprint density at radius 3 is 2.64 bits per heavy atom. The normalized spacial score (nSPS) is 11.8.